The van der Waals surface area contributed by atoms with Gasteiger partial charge in [-0.05, 0) is 74.4 Å². The van der Waals surface area contributed by atoms with E-state index in [1.165, 1.54) is 12.1 Å². The fraction of sp³-hybridized carbons (Fsp3) is 0.370. The molecule has 3 N–H and O–H groups in total. The van der Waals surface area contributed by atoms with E-state index in [2.05, 4.69) is 12.2 Å². The van der Waals surface area contributed by atoms with Crippen molar-refractivity contribution < 1.29 is 29.0 Å². The molecular weight excluding hydrogens is 480 g/mol. The molecule has 4 rings (SSSR count). The summed E-state index contributed by atoms with van der Waals surface area (Å²) in [5.74, 6) is -0.563. The van der Waals surface area contributed by atoms with Gasteiger partial charge in [0.15, 0.2) is 5.76 Å². The number of anilines is 2. The van der Waals surface area contributed by atoms with E-state index in [4.69, 9.17) is 9.52 Å². The van der Waals surface area contributed by atoms with Crippen LogP contribution in [-0.4, -0.2) is 34.5 Å². The predicted molar refractivity (Wildman–Crippen MR) is 138 cm³/mol. The highest BCUT2D eigenvalue weighted by Gasteiger charge is 2.31. The van der Waals surface area contributed by atoms with Crippen molar-refractivity contribution in [1.29, 1.82) is 0 Å². The van der Waals surface area contributed by atoms with E-state index in [0.717, 1.165) is 47.5 Å². The molecule has 0 radical (unpaired) electrons. The van der Waals surface area contributed by atoms with Crippen LogP contribution in [0.4, 0.5) is 11.4 Å². The molecule has 0 atom stereocenters. The lowest BCUT2D eigenvalue weighted by molar-refractivity contribution is -0.123. The molecule has 1 aliphatic rings. The molecule has 190 valence electrons. The third-order valence-corrected chi connectivity index (χ3v) is 7.77. The second kappa shape index (κ2) is 11.1. The Balaban J connectivity index is 1.53. The number of aromatic carboxylic acids is 1. The fourth-order valence-corrected chi connectivity index (χ4v) is 5.55. The van der Waals surface area contributed by atoms with Crippen LogP contribution < -0.4 is 10.2 Å². The third-order valence-electron chi connectivity index (χ3n) is 6.61. The third kappa shape index (κ3) is 5.52. The molecule has 9 heteroatoms. The van der Waals surface area contributed by atoms with Crippen LogP contribution in [0, 0.1) is 11.8 Å². The highest BCUT2D eigenvalue weighted by atomic mass is 32.1. The number of carbonyl (C=O) groups excluding carboxylic acids is 2. The van der Waals surface area contributed by atoms with Gasteiger partial charge in [-0.3, -0.25) is 9.59 Å². The lowest BCUT2D eigenvalue weighted by atomic mass is 9.82. The summed E-state index contributed by atoms with van der Waals surface area (Å²) in [7, 11) is 0. The number of hydrogen-bond acceptors (Lipinski definition) is 6. The number of furan rings is 1. The molecule has 8 nitrogen and oxygen atoms in total. The molecule has 1 fully saturated rings. The number of carboxylic acids is 1. The van der Waals surface area contributed by atoms with E-state index in [1.807, 2.05) is 6.92 Å². The topological polar surface area (TPSA) is 120 Å². The highest BCUT2D eigenvalue weighted by molar-refractivity contribution is 7.18. The minimum atomic E-state index is -1.06. The Morgan fingerprint density at radius 3 is 2.36 bits per heavy atom. The van der Waals surface area contributed by atoms with Crippen LogP contribution in [0.5, 0.6) is 0 Å². The van der Waals surface area contributed by atoms with Gasteiger partial charge in [-0.1, -0.05) is 19.1 Å². The molecular formula is C27H30N2O6S. The van der Waals surface area contributed by atoms with E-state index < -0.39 is 11.9 Å². The Morgan fingerprint density at radius 1 is 1.08 bits per heavy atom. The van der Waals surface area contributed by atoms with Crippen LogP contribution in [0.3, 0.4) is 0 Å². The fourth-order valence-electron chi connectivity index (χ4n) is 4.55. The van der Waals surface area contributed by atoms with Gasteiger partial charge in [0.1, 0.15) is 17.2 Å². The maximum atomic E-state index is 13.3. The number of thiophene rings is 1. The summed E-state index contributed by atoms with van der Waals surface area (Å²) in [6.07, 6.45) is 3.70. The normalized spacial score (nSPS) is 17.5. The summed E-state index contributed by atoms with van der Waals surface area (Å²) in [5.41, 5.74) is 1.75. The average molecular weight is 511 g/mol. The van der Waals surface area contributed by atoms with Gasteiger partial charge in [0, 0.05) is 23.0 Å². The quantitative estimate of drug-likeness (QED) is 0.361. The second-order valence-corrected chi connectivity index (χ2v) is 10.2. The number of rotatable bonds is 8. The van der Waals surface area contributed by atoms with E-state index in [1.54, 1.807) is 35.2 Å². The molecule has 1 aliphatic carbocycles. The number of aliphatic hydroxyl groups excluding tert-OH is 1. The van der Waals surface area contributed by atoms with Gasteiger partial charge in [-0.25, -0.2) is 4.79 Å². The summed E-state index contributed by atoms with van der Waals surface area (Å²) in [6, 6.07) is 11.8. The van der Waals surface area contributed by atoms with Crippen molar-refractivity contribution in [3.05, 3.63) is 58.9 Å². The number of carboxylic acid groups (broad SMARTS) is 1. The van der Waals surface area contributed by atoms with Crippen LogP contribution in [-0.2, 0) is 11.4 Å². The van der Waals surface area contributed by atoms with Crippen molar-refractivity contribution in [2.75, 3.05) is 16.8 Å². The van der Waals surface area contributed by atoms with E-state index in [0.29, 0.717) is 29.6 Å². The molecule has 0 spiro atoms. The number of carbonyl (C=O) groups is 3. The largest absolute Gasteiger partial charge is 0.477 e. The minimum Gasteiger partial charge on any atom is -0.477 e. The van der Waals surface area contributed by atoms with Gasteiger partial charge in [0.05, 0.1) is 5.69 Å². The number of aliphatic hydroxyl groups is 1. The average Bonchev–Trinajstić information content (AvgIpc) is 3.53. The van der Waals surface area contributed by atoms with Gasteiger partial charge in [-0.2, -0.15) is 0 Å². The van der Waals surface area contributed by atoms with Crippen LogP contribution in [0.1, 0.15) is 65.5 Å². The Labute approximate surface area is 213 Å². The zero-order valence-corrected chi connectivity index (χ0v) is 21.1. The number of nitrogens with one attached hydrogen (secondary N) is 1. The predicted octanol–water partition coefficient (Wildman–Crippen LogP) is 5.63. The van der Waals surface area contributed by atoms with Crippen molar-refractivity contribution in [1.82, 2.24) is 0 Å². The van der Waals surface area contributed by atoms with Gasteiger partial charge >= 0.3 is 5.97 Å². The first-order chi connectivity index (χ1) is 17.3. The van der Waals surface area contributed by atoms with Crippen molar-refractivity contribution in [2.24, 2.45) is 11.8 Å². The van der Waals surface area contributed by atoms with Gasteiger partial charge in [0.2, 0.25) is 5.91 Å². The lowest BCUT2D eigenvalue weighted by Crippen LogP contribution is -2.38. The van der Waals surface area contributed by atoms with Crippen molar-refractivity contribution in [2.45, 2.75) is 46.1 Å². The van der Waals surface area contributed by atoms with E-state index in [-0.39, 0.29) is 29.1 Å². The van der Waals surface area contributed by atoms with Crippen molar-refractivity contribution in [3.8, 4) is 10.4 Å². The summed E-state index contributed by atoms with van der Waals surface area (Å²) >= 11 is 1.13. The van der Waals surface area contributed by atoms with Crippen molar-refractivity contribution >= 4 is 40.5 Å². The second-order valence-electron chi connectivity index (χ2n) is 9.13. The monoisotopic (exact) mass is 510 g/mol. The van der Waals surface area contributed by atoms with Gasteiger partial charge < -0.3 is 24.8 Å². The SMILES string of the molecule is CCN(C(=O)C1CCC(C)CC1)c1cc(-c2ccc(NC(=O)c3ccc(CO)o3)cc2)sc1C(=O)O. The molecule has 1 saturated carbocycles. The Hall–Kier alpha value is -3.43. The summed E-state index contributed by atoms with van der Waals surface area (Å²) in [4.78, 5) is 40.2. The summed E-state index contributed by atoms with van der Waals surface area (Å²) in [5, 5.41) is 21.7. The molecule has 0 aliphatic heterocycles. The zero-order chi connectivity index (χ0) is 25.8. The Morgan fingerprint density at radius 2 is 1.78 bits per heavy atom. The standard InChI is InChI=1S/C27H30N2O6S/c1-3-29(26(32)18-6-4-16(2)5-7-18)21-14-23(36-24(21)27(33)34)17-8-10-19(11-9-17)28-25(31)22-13-12-20(15-30)35-22/h8-14,16,18,30H,3-7,15H2,1-2H3,(H,28,31)(H,33,34). The molecule has 2 aromatic heterocycles. The van der Waals surface area contributed by atoms with Gasteiger partial charge in [-0.15, -0.1) is 11.3 Å². The number of benzene rings is 1. The molecule has 2 amide bonds. The van der Waals surface area contributed by atoms with Crippen molar-refractivity contribution in [3.63, 3.8) is 0 Å². The maximum Gasteiger partial charge on any atom is 0.348 e. The Kier molecular flexibility index (Phi) is 7.91. The minimum absolute atomic E-state index is 0.00316. The Bertz CT molecular complexity index is 1240. The van der Waals surface area contributed by atoms with E-state index >= 15 is 0 Å². The number of amides is 2. The number of hydrogen-bond donors (Lipinski definition) is 3. The molecule has 2 heterocycles. The first-order valence-electron chi connectivity index (χ1n) is 12.1. The van der Waals surface area contributed by atoms with Crippen LogP contribution in [0.25, 0.3) is 10.4 Å². The molecule has 0 bridgehead atoms. The summed E-state index contributed by atoms with van der Waals surface area (Å²) < 4.78 is 5.25. The maximum absolute atomic E-state index is 13.3. The molecule has 0 unspecified atom stereocenters. The molecule has 3 aromatic rings. The van der Waals surface area contributed by atoms with Crippen LogP contribution >= 0.6 is 11.3 Å². The van der Waals surface area contributed by atoms with Crippen LogP contribution in [0.2, 0.25) is 0 Å². The molecule has 1 aromatic carbocycles. The zero-order valence-electron chi connectivity index (χ0n) is 20.3. The van der Waals surface area contributed by atoms with E-state index in [9.17, 15) is 19.5 Å². The lowest BCUT2D eigenvalue weighted by Gasteiger charge is -2.30. The van der Waals surface area contributed by atoms with Gasteiger partial charge in [0.25, 0.3) is 5.91 Å². The highest BCUT2D eigenvalue weighted by Crippen LogP contribution is 2.39. The number of nitrogens with zero attached hydrogens (tertiary/aromatic N) is 1. The molecule has 0 saturated heterocycles. The molecule has 36 heavy (non-hydrogen) atoms. The summed E-state index contributed by atoms with van der Waals surface area (Å²) in [6.45, 7) is 4.18. The first kappa shape index (κ1) is 25.7. The first-order valence-corrected chi connectivity index (χ1v) is 12.9. The smallest absolute Gasteiger partial charge is 0.348 e. The van der Waals surface area contributed by atoms with Crippen LogP contribution in [0.15, 0.2) is 46.9 Å².